The minimum absolute atomic E-state index is 0.150. The molecule has 3 rings (SSSR count). The Bertz CT molecular complexity index is 690. The van der Waals surface area contributed by atoms with Gasteiger partial charge in [0.15, 0.2) is 0 Å². The van der Waals surface area contributed by atoms with Crippen molar-refractivity contribution in [2.45, 2.75) is 12.8 Å². The number of nitrogen functional groups attached to an aromatic ring is 1. The lowest BCUT2D eigenvalue weighted by molar-refractivity contribution is 0.102. The zero-order chi connectivity index (χ0) is 14.1. The largest absolute Gasteiger partial charge is 0.399 e. The molecule has 2 aromatic carbocycles. The molecule has 0 atom stereocenters. The second-order valence-electron chi connectivity index (χ2n) is 4.85. The summed E-state index contributed by atoms with van der Waals surface area (Å²) in [6.07, 6.45) is 2.56. The molecule has 0 unspecified atom stereocenters. The lowest BCUT2D eigenvalue weighted by Crippen LogP contribution is -2.21. The van der Waals surface area contributed by atoms with Crippen LogP contribution in [0.3, 0.4) is 0 Å². The summed E-state index contributed by atoms with van der Waals surface area (Å²) < 4.78 is 0. The molecule has 20 heavy (non-hydrogen) atoms. The molecule has 0 spiro atoms. The third kappa shape index (κ3) is 2.05. The van der Waals surface area contributed by atoms with Gasteiger partial charge in [-0.3, -0.25) is 9.59 Å². The van der Waals surface area contributed by atoms with Crippen LogP contribution in [0.2, 0.25) is 0 Å². The first-order chi connectivity index (χ1) is 9.69. The maximum Gasteiger partial charge on any atom is 0.255 e. The van der Waals surface area contributed by atoms with Crippen LogP contribution in [0.5, 0.6) is 0 Å². The first kappa shape index (κ1) is 12.4. The van der Waals surface area contributed by atoms with Gasteiger partial charge in [0.05, 0.1) is 0 Å². The van der Waals surface area contributed by atoms with Gasteiger partial charge in [-0.2, -0.15) is 0 Å². The van der Waals surface area contributed by atoms with Crippen molar-refractivity contribution in [3.63, 3.8) is 0 Å². The topological polar surface area (TPSA) is 72.2 Å². The number of amides is 1. The summed E-state index contributed by atoms with van der Waals surface area (Å²) in [5.41, 5.74) is 10.3. The van der Waals surface area contributed by atoms with E-state index in [4.69, 9.17) is 5.73 Å². The third-order valence-electron chi connectivity index (χ3n) is 3.63. The van der Waals surface area contributed by atoms with Gasteiger partial charge >= 0.3 is 0 Å². The molecular formula is C16H14N2O2. The summed E-state index contributed by atoms with van der Waals surface area (Å²) >= 11 is 0. The Labute approximate surface area is 116 Å². The van der Waals surface area contributed by atoms with Gasteiger partial charge in [0.25, 0.3) is 5.91 Å². The first-order valence-corrected chi connectivity index (χ1v) is 6.46. The summed E-state index contributed by atoms with van der Waals surface area (Å²) in [4.78, 5) is 23.2. The number of benzene rings is 2. The molecule has 1 aliphatic rings. The Balaban J connectivity index is 1.86. The molecular weight excluding hydrogens is 252 g/mol. The number of anilines is 2. The number of carbonyl (C=O) groups excluding carboxylic acids is 2. The third-order valence-corrected chi connectivity index (χ3v) is 3.63. The van der Waals surface area contributed by atoms with E-state index in [1.807, 2.05) is 0 Å². The van der Waals surface area contributed by atoms with Crippen LogP contribution in [0.15, 0.2) is 36.4 Å². The van der Waals surface area contributed by atoms with Crippen LogP contribution in [0.1, 0.15) is 31.8 Å². The predicted octanol–water partition coefficient (Wildman–Crippen LogP) is 2.43. The van der Waals surface area contributed by atoms with Crippen LogP contribution in [-0.4, -0.2) is 12.2 Å². The van der Waals surface area contributed by atoms with Gasteiger partial charge < -0.3 is 11.1 Å². The van der Waals surface area contributed by atoms with Crippen molar-refractivity contribution in [1.29, 1.82) is 0 Å². The Morgan fingerprint density at radius 1 is 1.05 bits per heavy atom. The van der Waals surface area contributed by atoms with E-state index in [2.05, 4.69) is 5.32 Å². The molecule has 2 aromatic rings. The summed E-state index contributed by atoms with van der Waals surface area (Å²) in [6, 6.07) is 10.4. The van der Waals surface area contributed by atoms with Crippen molar-refractivity contribution in [2.24, 2.45) is 0 Å². The second-order valence-corrected chi connectivity index (χ2v) is 4.85. The number of rotatable bonds is 3. The van der Waals surface area contributed by atoms with E-state index in [1.54, 1.807) is 36.4 Å². The monoisotopic (exact) mass is 266 g/mol. The number of hydrogen-bond acceptors (Lipinski definition) is 3. The molecule has 0 bridgehead atoms. The van der Waals surface area contributed by atoms with Crippen molar-refractivity contribution < 1.29 is 9.59 Å². The number of hydrogen-bond donors (Lipinski definition) is 2. The molecule has 4 nitrogen and oxygen atoms in total. The number of fused-ring (bicyclic) bond motifs is 1. The zero-order valence-corrected chi connectivity index (χ0v) is 10.8. The fourth-order valence-corrected chi connectivity index (χ4v) is 2.45. The minimum Gasteiger partial charge on any atom is -0.399 e. The normalized spacial score (nSPS) is 12.2. The summed E-state index contributed by atoms with van der Waals surface area (Å²) in [7, 11) is 0. The highest BCUT2D eigenvalue weighted by molar-refractivity contribution is 6.06. The van der Waals surface area contributed by atoms with Crippen LogP contribution < -0.4 is 11.1 Å². The molecule has 0 saturated carbocycles. The summed E-state index contributed by atoms with van der Waals surface area (Å²) in [6.45, 7) is 0. The van der Waals surface area contributed by atoms with Gasteiger partial charge in [-0.15, -0.1) is 0 Å². The Morgan fingerprint density at radius 2 is 1.75 bits per heavy atom. The fraction of sp³-hybridized carbons (Fsp3) is 0.125. The molecule has 100 valence electrons. The zero-order valence-electron chi connectivity index (χ0n) is 10.8. The fourth-order valence-electron chi connectivity index (χ4n) is 2.45. The van der Waals surface area contributed by atoms with E-state index in [1.165, 1.54) is 0 Å². The number of nitrogens with one attached hydrogen (secondary N) is 1. The maximum absolute atomic E-state index is 12.3. The van der Waals surface area contributed by atoms with Crippen molar-refractivity contribution in [3.8, 4) is 0 Å². The highest BCUT2D eigenvalue weighted by atomic mass is 16.1. The van der Waals surface area contributed by atoms with Gasteiger partial charge in [-0.1, -0.05) is 6.07 Å². The van der Waals surface area contributed by atoms with Crippen LogP contribution in [0.4, 0.5) is 11.4 Å². The highest BCUT2D eigenvalue weighted by Crippen LogP contribution is 2.29. The van der Waals surface area contributed by atoms with Crippen molar-refractivity contribution in [1.82, 2.24) is 0 Å². The maximum atomic E-state index is 12.3. The molecule has 0 aliphatic heterocycles. The molecule has 3 N–H and O–H groups in total. The van der Waals surface area contributed by atoms with E-state index < -0.39 is 0 Å². The Kier molecular flexibility index (Phi) is 2.99. The molecule has 0 radical (unpaired) electrons. The molecule has 0 saturated heterocycles. The van der Waals surface area contributed by atoms with E-state index in [0.29, 0.717) is 22.5 Å². The summed E-state index contributed by atoms with van der Waals surface area (Å²) in [5.74, 6) is -0.150. The number of aldehydes is 1. The minimum atomic E-state index is -0.150. The van der Waals surface area contributed by atoms with Crippen LogP contribution in [-0.2, 0) is 12.8 Å². The van der Waals surface area contributed by atoms with Crippen LogP contribution in [0.25, 0.3) is 0 Å². The number of carbonyl (C=O) groups is 2. The van der Waals surface area contributed by atoms with Crippen molar-refractivity contribution in [2.75, 3.05) is 11.1 Å². The predicted molar refractivity (Wildman–Crippen MR) is 78.0 cm³/mol. The second kappa shape index (κ2) is 4.81. The lowest BCUT2D eigenvalue weighted by Gasteiger charge is -2.23. The lowest BCUT2D eigenvalue weighted by atomic mass is 9.81. The molecule has 4 heteroatoms. The van der Waals surface area contributed by atoms with Gasteiger partial charge in [0, 0.05) is 22.5 Å². The van der Waals surface area contributed by atoms with Crippen LogP contribution in [0, 0.1) is 0 Å². The van der Waals surface area contributed by atoms with E-state index in [9.17, 15) is 9.59 Å². The average molecular weight is 266 g/mol. The average Bonchev–Trinajstić information content (AvgIpc) is 2.41. The van der Waals surface area contributed by atoms with E-state index >= 15 is 0 Å². The van der Waals surface area contributed by atoms with Gasteiger partial charge in [-0.05, 0) is 54.3 Å². The quantitative estimate of drug-likeness (QED) is 0.662. The number of nitrogens with two attached hydrogens (primary N) is 1. The smallest absolute Gasteiger partial charge is 0.255 e. The van der Waals surface area contributed by atoms with Gasteiger partial charge in [-0.25, -0.2) is 0 Å². The van der Waals surface area contributed by atoms with Crippen LogP contribution >= 0.6 is 0 Å². The molecule has 0 heterocycles. The van der Waals surface area contributed by atoms with Crippen molar-refractivity contribution in [3.05, 3.63) is 58.7 Å². The molecule has 1 amide bonds. The molecule has 0 fully saturated rings. The SMILES string of the molecule is Nc1ccc(NC(=O)c2ccc(C=O)c3c2CC3)cc1. The van der Waals surface area contributed by atoms with E-state index in [-0.39, 0.29) is 5.91 Å². The summed E-state index contributed by atoms with van der Waals surface area (Å²) in [5, 5.41) is 2.84. The Morgan fingerprint density at radius 3 is 2.35 bits per heavy atom. The van der Waals surface area contributed by atoms with Crippen molar-refractivity contribution >= 4 is 23.6 Å². The molecule has 0 aromatic heterocycles. The first-order valence-electron chi connectivity index (χ1n) is 6.46. The van der Waals surface area contributed by atoms with Gasteiger partial charge in [0.1, 0.15) is 6.29 Å². The van der Waals surface area contributed by atoms with E-state index in [0.717, 1.165) is 30.3 Å². The highest BCUT2D eigenvalue weighted by Gasteiger charge is 2.23. The Hall–Kier alpha value is -2.62. The van der Waals surface area contributed by atoms with Gasteiger partial charge in [0.2, 0.25) is 0 Å². The standard InChI is InChI=1S/C16H14N2O2/c17-11-2-4-12(5-3-11)18-16(20)15-6-1-10(9-19)13-7-8-14(13)15/h1-6,9H,7-8,17H2,(H,18,20). The molecule has 1 aliphatic carbocycles.